The first-order valence-corrected chi connectivity index (χ1v) is 11.0. The third-order valence-electron chi connectivity index (χ3n) is 6.09. The SMILES string of the molecule is C[C@@H]1C/C(=C/CO)C[C@@H](O[Si](C)(C)C(C)(C)C)C12CC2. The van der Waals surface area contributed by atoms with E-state index in [-0.39, 0.29) is 11.6 Å². The highest BCUT2D eigenvalue weighted by atomic mass is 28.4. The van der Waals surface area contributed by atoms with Gasteiger partial charge in [-0.3, -0.25) is 0 Å². The van der Waals surface area contributed by atoms with Crippen molar-refractivity contribution in [1.82, 2.24) is 0 Å². The van der Waals surface area contributed by atoms with Crippen molar-refractivity contribution in [3.63, 3.8) is 0 Å². The van der Waals surface area contributed by atoms with Gasteiger partial charge in [-0.05, 0) is 55.1 Å². The van der Waals surface area contributed by atoms with Crippen molar-refractivity contribution in [3.05, 3.63) is 11.6 Å². The van der Waals surface area contributed by atoms with Crippen LogP contribution in [0.3, 0.4) is 0 Å². The predicted molar refractivity (Wildman–Crippen MR) is 87.3 cm³/mol. The van der Waals surface area contributed by atoms with Gasteiger partial charge in [0, 0.05) is 0 Å². The number of hydrogen-bond donors (Lipinski definition) is 1. The van der Waals surface area contributed by atoms with Gasteiger partial charge in [0.2, 0.25) is 0 Å². The summed E-state index contributed by atoms with van der Waals surface area (Å²) in [5.41, 5.74) is 1.85. The van der Waals surface area contributed by atoms with Crippen molar-refractivity contribution in [2.24, 2.45) is 11.3 Å². The minimum absolute atomic E-state index is 0.169. The monoisotopic (exact) mass is 296 g/mol. The summed E-state index contributed by atoms with van der Waals surface area (Å²) in [6.45, 7) is 14.2. The zero-order valence-corrected chi connectivity index (χ0v) is 15.1. The molecule has 2 aliphatic carbocycles. The van der Waals surface area contributed by atoms with E-state index in [0.29, 0.717) is 17.4 Å². The van der Waals surface area contributed by atoms with E-state index >= 15 is 0 Å². The number of aliphatic hydroxyl groups is 1. The van der Waals surface area contributed by atoms with Crippen LogP contribution in [0.5, 0.6) is 0 Å². The molecule has 1 N–H and O–H groups in total. The second-order valence-corrected chi connectivity index (χ2v) is 13.2. The van der Waals surface area contributed by atoms with Crippen LogP contribution in [0, 0.1) is 11.3 Å². The molecule has 0 aromatic rings. The molecule has 0 aromatic carbocycles. The van der Waals surface area contributed by atoms with Gasteiger partial charge in [-0.25, -0.2) is 0 Å². The summed E-state index contributed by atoms with van der Waals surface area (Å²) >= 11 is 0. The molecule has 0 aliphatic heterocycles. The average molecular weight is 297 g/mol. The molecule has 2 rings (SSSR count). The number of aliphatic hydroxyl groups excluding tert-OH is 1. The highest BCUT2D eigenvalue weighted by Gasteiger charge is 2.57. The lowest BCUT2D eigenvalue weighted by atomic mass is 9.73. The van der Waals surface area contributed by atoms with Gasteiger partial charge in [0.15, 0.2) is 8.32 Å². The molecule has 20 heavy (non-hydrogen) atoms. The summed E-state index contributed by atoms with van der Waals surface area (Å²) in [5.74, 6) is 0.698. The summed E-state index contributed by atoms with van der Waals surface area (Å²) in [5, 5.41) is 9.46. The molecule has 0 bridgehead atoms. The molecule has 2 aliphatic rings. The van der Waals surface area contributed by atoms with Crippen molar-refractivity contribution in [1.29, 1.82) is 0 Å². The maximum Gasteiger partial charge on any atom is 0.192 e. The van der Waals surface area contributed by atoms with E-state index in [2.05, 4.69) is 40.8 Å². The summed E-state index contributed by atoms with van der Waals surface area (Å²) in [6.07, 6.45) is 7.24. The summed E-state index contributed by atoms with van der Waals surface area (Å²) in [4.78, 5) is 0. The largest absolute Gasteiger partial charge is 0.413 e. The van der Waals surface area contributed by atoms with Crippen molar-refractivity contribution < 1.29 is 9.53 Å². The molecule has 0 saturated heterocycles. The topological polar surface area (TPSA) is 29.5 Å². The van der Waals surface area contributed by atoms with E-state index in [4.69, 9.17) is 4.43 Å². The van der Waals surface area contributed by atoms with Crippen LogP contribution in [0.1, 0.15) is 53.4 Å². The van der Waals surface area contributed by atoms with E-state index < -0.39 is 8.32 Å². The second-order valence-electron chi connectivity index (χ2n) is 8.45. The van der Waals surface area contributed by atoms with Crippen molar-refractivity contribution in [2.45, 2.75) is 77.6 Å². The maximum atomic E-state index is 9.19. The highest BCUT2D eigenvalue weighted by molar-refractivity contribution is 6.74. The summed E-state index contributed by atoms with van der Waals surface area (Å²) in [6, 6.07) is 0. The molecule has 0 heterocycles. The van der Waals surface area contributed by atoms with Gasteiger partial charge in [0.1, 0.15) is 0 Å². The van der Waals surface area contributed by atoms with Crippen LogP contribution in [0.2, 0.25) is 18.1 Å². The van der Waals surface area contributed by atoms with E-state index in [1.165, 1.54) is 18.4 Å². The molecule has 0 aromatic heterocycles. The first-order valence-electron chi connectivity index (χ1n) is 8.09. The number of rotatable bonds is 3. The zero-order valence-electron chi connectivity index (χ0n) is 14.1. The van der Waals surface area contributed by atoms with Gasteiger partial charge >= 0.3 is 0 Å². The maximum absolute atomic E-state index is 9.19. The van der Waals surface area contributed by atoms with E-state index in [1.54, 1.807) is 0 Å². The molecular weight excluding hydrogens is 264 g/mol. The smallest absolute Gasteiger partial charge is 0.192 e. The molecule has 2 saturated carbocycles. The Bertz CT molecular complexity index is 388. The summed E-state index contributed by atoms with van der Waals surface area (Å²) in [7, 11) is -1.71. The fraction of sp³-hybridized carbons (Fsp3) is 0.882. The lowest BCUT2D eigenvalue weighted by Crippen LogP contribution is -2.48. The Hall–Kier alpha value is -0.123. The second kappa shape index (κ2) is 5.26. The van der Waals surface area contributed by atoms with Gasteiger partial charge in [-0.1, -0.05) is 39.3 Å². The average Bonchev–Trinajstić information content (AvgIpc) is 3.05. The fourth-order valence-electron chi connectivity index (χ4n) is 3.38. The van der Waals surface area contributed by atoms with Crippen LogP contribution in [0.4, 0.5) is 0 Å². The molecule has 116 valence electrons. The minimum Gasteiger partial charge on any atom is -0.413 e. The van der Waals surface area contributed by atoms with Crippen molar-refractivity contribution in [3.8, 4) is 0 Å². The van der Waals surface area contributed by atoms with Crippen LogP contribution >= 0.6 is 0 Å². The van der Waals surface area contributed by atoms with Gasteiger partial charge < -0.3 is 9.53 Å². The molecule has 2 nitrogen and oxygen atoms in total. The minimum atomic E-state index is -1.71. The Morgan fingerprint density at radius 3 is 2.35 bits per heavy atom. The molecule has 3 heteroatoms. The van der Waals surface area contributed by atoms with Crippen LogP contribution in [0.25, 0.3) is 0 Å². The van der Waals surface area contributed by atoms with Gasteiger partial charge in [0.25, 0.3) is 0 Å². The Balaban J connectivity index is 2.18. The quantitative estimate of drug-likeness (QED) is 0.613. The normalized spacial score (nSPS) is 31.9. The third-order valence-corrected chi connectivity index (χ3v) is 10.6. The molecule has 0 amide bonds. The van der Waals surface area contributed by atoms with E-state index in [0.717, 1.165) is 12.8 Å². The molecule has 0 unspecified atom stereocenters. The Labute approximate surface area is 125 Å². The fourth-order valence-corrected chi connectivity index (χ4v) is 4.77. The molecule has 0 radical (unpaired) electrons. The first kappa shape index (κ1) is 16.3. The third kappa shape index (κ3) is 2.90. The molecule has 2 atom stereocenters. The molecular formula is C17H32O2Si. The highest BCUT2D eigenvalue weighted by Crippen LogP contribution is 2.62. The van der Waals surface area contributed by atoms with Crippen LogP contribution in [-0.2, 0) is 4.43 Å². The van der Waals surface area contributed by atoms with Gasteiger partial charge in [-0.2, -0.15) is 0 Å². The van der Waals surface area contributed by atoms with Gasteiger partial charge in [0.05, 0.1) is 12.7 Å². The standard InChI is InChI=1S/C17H32O2Si/c1-13-11-14(7-10-18)12-15(17(13)8-9-17)19-20(5,6)16(2,3)4/h7,13,15,18H,8-12H2,1-6H3/b14-7-/t13-,15-/m1/s1. The molecule has 1 spiro atoms. The van der Waals surface area contributed by atoms with Crippen LogP contribution in [0.15, 0.2) is 11.6 Å². The lowest BCUT2D eigenvalue weighted by molar-refractivity contribution is 0.0495. The summed E-state index contributed by atoms with van der Waals surface area (Å²) < 4.78 is 6.78. The van der Waals surface area contributed by atoms with E-state index in [1.807, 2.05) is 6.08 Å². The Morgan fingerprint density at radius 1 is 1.30 bits per heavy atom. The first-order chi connectivity index (χ1) is 9.12. The van der Waals surface area contributed by atoms with Gasteiger partial charge in [-0.15, -0.1) is 0 Å². The van der Waals surface area contributed by atoms with Crippen molar-refractivity contribution in [2.75, 3.05) is 6.61 Å². The van der Waals surface area contributed by atoms with E-state index in [9.17, 15) is 5.11 Å². The Morgan fingerprint density at radius 2 is 1.90 bits per heavy atom. The lowest BCUT2D eigenvalue weighted by Gasteiger charge is -2.46. The Kier molecular flexibility index (Phi) is 4.27. The predicted octanol–water partition coefficient (Wildman–Crippen LogP) is 4.51. The number of hydrogen-bond acceptors (Lipinski definition) is 2. The molecule has 2 fully saturated rings. The van der Waals surface area contributed by atoms with Crippen LogP contribution < -0.4 is 0 Å². The van der Waals surface area contributed by atoms with Crippen molar-refractivity contribution >= 4 is 8.32 Å². The van der Waals surface area contributed by atoms with Crippen LogP contribution in [-0.4, -0.2) is 26.1 Å². The zero-order chi connectivity index (χ0) is 15.2.